The average molecular weight is 311 g/mol. The van der Waals surface area contributed by atoms with Crippen molar-refractivity contribution in [3.63, 3.8) is 0 Å². The topological polar surface area (TPSA) is 119 Å². The van der Waals surface area contributed by atoms with Crippen LogP contribution in [0.15, 0.2) is 40.8 Å². The number of aliphatic carboxylic acids is 1. The molecule has 0 radical (unpaired) electrons. The van der Waals surface area contributed by atoms with Crippen molar-refractivity contribution in [1.29, 1.82) is 0 Å². The van der Waals surface area contributed by atoms with Crippen molar-refractivity contribution in [2.75, 3.05) is 7.05 Å². The highest BCUT2D eigenvalue weighted by Gasteiger charge is 2.48. The second kappa shape index (κ2) is 7.09. The van der Waals surface area contributed by atoms with Gasteiger partial charge in [0.2, 0.25) is 5.37 Å². The SMILES string of the molecule is C=C/C(=C\C=C/C)[S+]([O-])C1C(C(=O)O)C(N)=NC(=O)N1C. The first kappa shape index (κ1) is 17.0. The molecule has 0 aromatic rings. The molecule has 0 saturated carbocycles. The number of amidine groups is 1. The van der Waals surface area contributed by atoms with Crippen LogP contribution in [-0.4, -0.2) is 44.8 Å². The first-order valence-electron chi connectivity index (χ1n) is 6.04. The maximum Gasteiger partial charge on any atom is 0.348 e. The summed E-state index contributed by atoms with van der Waals surface area (Å²) in [6.45, 7) is 5.33. The number of rotatable bonds is 5. The molecule has 3 N–H and O–H groups in total. The van der Waals surface area contributed by atoms with Gasteiger partial charge in [-0.3, -0.25) is 9.69 Å². The third-order valence-electron chi connectivity index (χ3n) is 2.88. The molecular weight excluding hydrogens is 294 g/mol. The summed E-state index contributed by atoms with van der Waals surface area (Å²) in [6, 6.07) is -0.724. The quantitative estimate of drug-likeness (QED) is 0.575. The number of nitrogens with two attached hydrogens (primary N) is 1. The lowest BCUT2D eigenvalue weighted by molar-refractivity contribution is -0.140. The molecule has 2 amide bonds. The molecule has 3 unspecified atom stereocenters. The van der Waals surface area contributed by atoms with Crippen LogP contribution in [0.4, 0.5) is 4.79 Å². The molecule has 8 heteroatoms. The standard InChI is InChI=1S/C13H17N3O4S/c1-4-6-7-8(5-2)21(20)11-9(12(17)18)10(14)15-13(19)16(11)3/h4-7,9,11H,2H2,1,3H3,(H,17,18)(H2,14,15,19)/b6-4-,8-7+. The van der Waals surface area contributed by atoms with Gasteiger partial charge in [0.1, 0.15) is 5.84 Å². The lowest BCUT2D eigenvalue weighted by Crippen LogP contribution is -2.56. The van der Waals surface area contributed by atoms with Crippen molar-refractivity contribution >= 4 is 29.0 Å². The maximum atomic E-state index is 12.6. The molecule has 3 atom stereocenters. The number of carbonyl (C=O) groups is 2. The molecule has 21 heavy (non-hydrogen) atoms. The molecule has 0 bridgehead atoms. The Morgan fingerprint density at radius 3 is 2.71 bits per heavy atom. The summed E-state index contributed by atoms with van der Waals surface area (Å²) < 4.78 is 12.6. The number of amides is 2. The molecule has 114 valence electrons. The van der Waals surface area contributed by atoms with Crippen LogP contribution in [0.1, 0.15) is 6.92 Å². The summed E-state index contributed by atoms with van der Waals surface area (Å²) >= 11 is -1.81. The van der Waals surface area contributed by atoms with E-state index in [1.165, 1.54) is 13.1 Å². The van der Waals surface area contributed by atoms with E-state index in [9.17, 15) is 19.2 Å². The van der Waals surface area contributed by atoms with Crippen LogP contribution in [0.3, 0.4) is 0 Å². The molecular formula is C13H17N3O4S. The second-order valence-corrected chi connectivity index (χ2v) is 5.78. The number of aliphatic imine (C=N–C) groups is 1. The largest absolute Gasteiger partial charge is 0.610 e. The van der Waals surface area contributed by atoms with Gasteiger partial charge < -0.3 is 15.4 Å². The van der Waals surface area contributed by atoms with Crippen molar-refractivity contribution in [2.45, 2.75) is 12.3 Å². The van der Waals surface area contributed by atoms with E-state index < -0.39 is 34.5 Å². The fraction of sp³-hybridized carbons (Fsp3) is 0.308. The number of hydrogen-bond acceptors (Lipinski definition) is 4. The molecule has 0 aromatic carbocycles. The Kier molecular flexibility index (Phi) is 5.74. The normalized spacial score (nSPS) is 24.9. The highest BCUT2D eigenvalue weighted by Crippen LogP contribution is 2.27. The van der Waals surface area contributed by atoms with E-state index in [0.717, 1.165) is 4.90 Å². The fourth-order valence-electron chi connectivity index (χ4n) is 1.80. The van der Waals surface area contributed by atoms with Crippen LogP contribution in [0.5, 0.6) is 0 Å². The zero-order chi connectivity index (χ0) is 16.2. The van der Waals surface area contributed by atoms with E-state index in [0.29, 0.717) is 4.91 Å². The first-order chi connectivity index (χ1) is 9.84. The number of nitrogens with zero attached hydrogens (tertiary/aromatic N) is 2. The maximum absolute atomic E-state index is 12.6. The van der Waals surface area contributed by atoms with Crippen LogP contribution in [0, 0.1) is 5.92 Å². The third-order valence-corrected chi connectivity index (χ3v) is 4.68. The highest BCUT2D eigenvalue weighted by molar-refractivity contribution is 7.96. The summed E-state index contributed by atoms with van der Waals surface area (Å²) in [4.78, 5) is 27.8. The zero-order valence-corrected chi connectivity index (χ0v) is 12.5. The molecule has 0 spiro atoms. The van der Waals surface area contributed by atoms with Gasteiger partial charge in [-0.25, -0.2) is 4.79 Å². The van der Waals surface area contributed by atoms with E-state index in [1.54, 1.807) is 25.2 Å². The summed E-state index contributed by atoms with van der Waals surface area (Å²) in [6.07, 6.45) is 6.27. The Hall–Kier alpha value is -2.06. The van der Waals surface area contributed by atoms with E-state index in [2.05, 4.69) is 11.6 Å². The molecule has 1 rings (SSSR count). The molecule has 0 aliphatic carbocycles. The van der Waals surface area contributed by atoms with Gasteiger partial charge in [0.05, 0.1) is 0 Å². The molecule has 7 nitrogen and oxygen atoms in total. The first-order valence-corrected chi connectivity index (χ1v) is 7.26. The minimum atomic E-state index is -1.81. The Bertz CT molecular complexity index is 542. The Balaban J connectivity index is 3.28. The van der Waals surface area contributed by atoms with Crippen LogP contribution < -0.4 is 5.73 Å². The van der Waals surface area contributed by atoms with Crippen molar-refractivity contribution in [1.82, 2.24) is 4.90 Å². The van der Waals surface area contributed by atoms with E-state index in [4.69, 9.17) is 5.73 Å². The molecule has 0 aromatic heterocycles. The lowest BCUT2D eigenvalue weighted by atomic mass is 10.1. The van der Waals surface area contributed by atoms with E-state index >= 15 is 0 Å². The van der Waals surface area contributed by atoms with Crippen molar-refractivity contribution in [3.05, 3.63) is 35.8 Å². The molecule has 1 aliphatic heterocycles. The Morgan fingerprint density at radius 2 is 2.24 bits per heavy atom. The number of hydrogen-bond donors (Lipinski definition) is 2. The number of allylic oxidation sites excluding steroid dienone is 4. The average Bonchev–Trinajstić information content (AvgIpc) is 2.42. The van der Waals surface area contributed by atoms with Crippen LogP contribution >= 0.6 is 0 Å². The summed E-state index contributed by atoms with van der Waals surface area (Å²) in [7, 11) is 1.34. The van der Waals surface area contributed by atoms with E-state index in [1.807, 2.05) is 0 Å². The molecule has 1 heterocycles. The van der Waals surface area contributed by atoms with Gasteiger partial charge in [0.25, 0.3) is 0 Å². The lowest BCUT2D eigenvalue weighted by Gasteiger charge is -2.34. The number of urea groups is 1. The summed E-state index contributed by atoms with van der Waals surface area (Å²) in [5.41, 5.74) is 5.53. The molecule has 1 aliphatic rings. The van der Waals surface area contributed by atoms with Crippen LogP contribution in [0.2, 0.25) is 0 Å². The minimum Gasteiger partial charge on any atom is -0.610 e. The van der Waals surface area contributed by atoms with E-state index in [-0.39, 0.29) is 5.84 Å². The van der Waals surface area contributed by atoms with Crippen LogP contribution in [-0.2, 0) is 16.0 Å². The number of carbonyl (C=O) groups excluding carboxylic acids is 1. The van der Waals surface area contributed by atoms with Crippen molar-refractivity contribution in [3.8, 4) is 0 Å². The van der Waals surface area contributed by atoms with Gasteiger partial charge in [-0.15, -0.1) is 0 Å². The second-order valence-electron chi connectivity index (χ2n) is 4.23. The number of carboxylic acids is 1. The van der Waals surface area contributed by atoms with Crippen LogP contribution in [0.25, 0.3) is 0 Å². The summed E-state index contributed by atoms with van der Waals surface area (Å²) in [5.74, 6) is -2.97. The molecule has 0 fully saturated rings. The summed E-state index contributed by atoms with van der Waals surface area (Å²) in [5, 5.41) is 8.13. The van der Waals surface area contributed by atoms with Gasteiger partial charge in [-0.1, -0.05) is 18.7 Å². The Labute approximate surface area is 125 Å². The monoisotopic (exact) mass is 311 g/mol. The predicted molar refractivity (Wildman–Crippen MR) is 80.9 cm³/mol. The fourth-order valence-corrected chi connectivity index (χ4v) is 3.34. The minimum absolute atomic E-state index is 0.304. The molecule has 0 saturated heterocycles. The van der Waals surface area contributed by atoms with Gasteiger partial charge >= 0.3 is 12.0 Å². The highest BCUT2D eigenvalue weighted by atomic mass is 32.2. The van der Waals surface area contributed by atoms with Gasteiger partial charge in [0.15, 0.2) is 10.8 Å². The van der Waals surface area contributed by atoms with Crippen molar-refractivity contribution in [2.24, 2.45) is 16.6 Å². The van der Waals surface area contributed by atoms with Gasteiger partial charge in [-0.2, -0.15) is 4.99 Å². The van der Waals surface area contributed by atoms with Crippen molar-refractivity contribution < 1.29 is 19.2 Å². The number of carboxylic acid groups (broad SMARTS) is 1. The predicted octanol–water partition coefficient (Wildman–Crippen LogP) is 0.831. The third kappa shape index (κ3) is 3.53. The smallest absolute Gasteiger partial charge is 0.348 e. The van der Waals surface area contributed by atoms with Gasteiger partial charge in [-0.05, 0) is 19.1 Å². The zero-order valence-electron chi connectivity index (χ0n) is 11.7. The van der Waals surface area contributed by atoms with Gasteiger partial charge in [0, 0.05) is 18.2 Å². The Morgan fingerprint density at radius 1 is 1.62 bits per heavy atom.